The number of hydrogen-bond acceptors (Lipinski definition) is 4. The number of ether oxygens (including phenoxy) is 1. The molecule has 1 heterocycles. The molecule has 8 heteroatoms. The molecule has 0 saturated carbocycles. The SMILES string of the molecule is CC(C)CC1COCCN1C(=O)NCC(=O)N=S(C)(C)=O. The summed E-state index contributed by atoms with van der Waals surface area (Å²) >= 11 is 0. The fourth-order valence-electron chi connectivity index (χ4n) is 2.19. The van der Waals surface area contributed by atoms with Gasteiger partial charge in [0.15, 0.2) is 0 Å². The molecule has 1 rings (SSSR count). The third-order valence-corrected chi connectivity index (χ3v) is 3.59. The molecule has 21 heavy (non-hydrogen) atoms. The molecule has 0 aromatic heterocycles. The zero-order valence-corrected chi connectivity index (χ0v) is 13.9. The zero-order chi connectivity index (χ0) is 16.0. The highest BCUT2D eigenvalue weighted by Crippen LogP contribution is 2.15. The molecule has 1 fully saturated rings. The minimum Gasteiger partial charge on any atom is -0.377 e. The van der Waals surface area contributed by atoms with Crippen molar-refractivity contribution in [3.63, 3.8) is 0 Å². The normalized spacial score (nSPS) is 19.5. The number of rotatable bonds is 4. The van der Waals surface area contributed by atoms with Gasteiger partial charge in [-0.05, 0) is 12.3 Å². The van der Waals surface area contributed by atoms with Crippen molar-refractivity contribution in [1.29, 1.82) is 0 Å². The van der Waals surface area contributed by atoms with Crippen molar-refractivity contribution >= 4 is 21.7 Å². The summed E-state index contributed by atoms with van der Waals surface area (Å²) in [7, 11) is -2.48. The van der Waals surface area contributed by atoms with Crippen LogP contribution in [-0.4, -0.2) is 65.9 Å². The van der Waals surface area contributed by atoms with Crippen LogP contribution in [0.15, 0.2) is 4.36 Å². The lowest BCUT2D eigenvalue weighted by atomic mass is 10.0. The summed E-state index contributed by atoms with van der Waals surface area (Å²) in [5.74, 6) is -0.125. The standard InChI is InChI=1S/C13H25N3O4S/c1-10(2)7-11-9-20-6-5-16(11)13(18)14-8-12(17)15-21(3,4)19/h10-11H,5-9H2,1-4H3,(H,14,18). The summed E-state index contributed by atoms with van der Waals surface area (Å²) in [6.45, 7) is 5.47. The van der Waals surface area contributed by atoms with Gasteiger partial charge in [-0.15, -0.1) is 0 Å². The van der Waals surface area contributed by atoms with Crippen molar-refractivity contribution in [3.05, 3.63) is 0 Å². The van der Waals surface area contributed by atoms with Crippen LogP contribution in [0.5, 0.6) is 0 Å². The third kappa shape index (κ3) is 6.90. The Balaban J connectivity index is 2.56. The van der Waals surface area contributed by atoms with Crippen LogP contribution in [0.3, 0.4) is 0 Å². The first kappa shape index (κ1) is 17.9. The molecule has 0 aliphatic carbocycles. The van der Waals surface area contributed by atoms with Crippen molar-refractivity contribution in [2.45, 2.75) is 26.3 Å². The average molecular weight is 319 g/mol. The maximum absolute atomic E-state index is 12.2. The first-order valence-corrected chi connectivity index (χ1v) is 9.34. The molecule has 0 bridgehead atoms. The van der Waals surface area contributed by atoms with Gasteiger partial charge in [0.25, 0.3) is 5.91 Å². The van der Waals surface area contributed by atoms with Crippen molar-refractivity contribution in [2.75, 3.05) is 38.8 Å². The number of carbonyl (C=O) groups is 2. The van der Waals surface area contributed by atoms with Crippen LogP contribution in [0, 0.1) is 5.92 Å². The van der Waals surface area contributed by atoms with E-state index in [4.69, 9.17) is 4.74 Å². The van der Waals surface area contributed by atoms with E-state index in [9.17, 15) is 13.8 Å². The molecule has 1 aliphatic rings. The van der Waals surface area contributed by atoms with Gasteiger partial charge < -0.3 is 15.0 Å². The van der Waals surface area contributed by atoms with Crippen molar-refractivity contribution in [3.8, 4) is 0 Å². The maximum atomic E-state index is 12.2. The Labute approximate surface area is 126 Å². The molecule has 1 unspecified atom stereocenters. The van der Waals surface area contributed by atoms with Gasteiger partial charge in [-0.25, -0.2) is 9.00 Å². The minimum atomic E-state index is -2.48. The van der Waals surface area contributed by atoms with E-state index in [0.29, 0.717) is 25.7 Å². The molecule has 0 radical (unpaired) electrons. The highest BCUT2D eigenvalue weighted by Gasteiger charge is 2.27. The Morgan fingerprint density at radius 2 is 2.10 bits per heavy atom. The Morgan fingerprint density at radius 1 is 1.43 bits per heavy atom. The van der Waals surface area contributed by atoms with Gasteiger partial charge in [-0.2, -0.15) is 4.36 Å². The molecular weight excluding hydrogens is 294 g/mol. The first-order chi connectivity index (χ1) is 9.69. The van der Waals surface area contributed by atoms with Crippen LogP contribution in [0.25, 0.3) is 0 Å². The lowest BCUT2D eigenvalue weighted by molar-refractivity contribution is -0.116. The van der Waals surface area contributed by atoms with Crippen LogP contribution >= 0.6 is 0 Å². The number of carbonyl (C=O) groups excluding carboxylic acids is 2. The first-order valence-electron chi connectivity index (χ1n) is 7.01. The largest absolute Gasteiger partial charge is 0.377 e. The molecule has 3 amide bonds. The van der Waals surface area contributed by atoms with Gasteiger partial charge in [0.2, 0.25) is 0 Å². The van der Waals surface area contributed by atoms with Gasteiger partial charge in [0, 0.05) is 28.8 Å². The number of nitrogens with zero attached hydrogens (tertiary/aromatic N) is 2. The molecule has 1 N–H and O–H groups in total. The summed E-state index contributed by atoms with van der Waals surface area (Å²) in [5, 5.41) is 2.54. The second-order valence-electron chi connectivity index (χ2n) is 5.88. The summed E-state index contributed by atoms with van der Waals surface area (Å²) in [5.41, 5.74) is 0. The molecule has 0 spiro atoms. The van der Waals surface area contributed by atoms with Crippen LogP contribution in [0.4, 0.5) is 4.79 Å². The van der Waals surface area contributed by atoms with Crippen molar-refractivity contribution in [2.24, 2.45) is 10.3 Å². The Morgan fingerprint density at radius 3 is 2.67 bits per heavy atom. The summed E-state index contributed by atoms with van der Waals surface area (Å²) in [6, 6.07) is -0.279. The maximum Gasteiger partial charge on any atom is 0.318 e. The quantitative estimate of drug-likeness (QED) is 0.826. The molecule has 0 aromatic carbocycles. The second-order valence-corrected chi connectivity index (χ2v) is 8.42. The molecule has 1 aliphatic heterocycles. The highest BCUT2D eigenvalue weighted by molar-refractivity contribution is 7.92. The Hall–Kier alpha value is -1.15. The van der Waals surface area contributed by atoms with Crippen LogP contribution in [-0.2, 0) is 19.3 Å². The molecule has 122 valence electrons. The number of hydrogen-bond donors (Lipinski definition) is 1. The fraction of sp³-hybridized carbons (Fsp3) is 0.846. The van der Waals surface area contributed by atoms with Crippen LogP contribution in [0.1, 0.15) is 20.3 Å². The monoisotopic (exact) mass is 319 g/mol. The predicted molar refractivity (Wildman–Crippen MR) is 81.6 cm³/mol. The Bertz CT molecular complexity index is 490. The van der Waals surface area contributed by atoms with Crippen molar-refractivity contribution in [1.82, 2.24) is 10.2 Å². The average Bonchev–Trinajstić information content (AvgIpc) is 2.34. The molecule has 7 nitrogen and oxygen atoms in total. The summed E-state index contributed by atoms with van der Waals surface area (Å²) in [6.07, 6.45) is 3.62. The minimum absolute atomic E-state index is 0.0207. The van der Waals surface area contributed by atoms with E-state index in [1.807, 2.05) is 0 Å². The molecular formula is C13H25N3O4S. The lowest BCUT2D eigenvalue weighted by Gasteiger charge is -2.36. The topological polar surface area (TPSA) is 88.1 Å². The highest BCUT2D eigenvalue weighted by atomic mass is 32.2. The zero-order valence-electron chi connectivity index (χ0n) is 13.1. The predicted octanol–water partition coefficient (Wildman–Crippen LogP) is 0.697. The lowest BCUT2D eigenvalue weighted by Crippen LogP contribution is -2.53. The van der Waals surface area contributed by atoms with E-state index in [-0.39, 0.29) is 18.6 Å². The van der Waals surface area contributed by atoms with E-state index >= 15 is 0 Å². The van der Waals surface area contributed by atoms with Gasteiger partial charge in [0.05, 0.1) is 19.3 Å². The molecule has 1 saturated heterocycles. The van der Waals surface area contributed by atoms with Crippen LogP contribution in [0.2, 0.25) is 0 Å². The van der Waals surface area contributed by atoms with E-state index < -0.39 is 15.6 Å². The smallest absolute Gasteiger partial charge is 0.318 e. The molecule has 1 atom stereocenters. The summed E-state index contributed by atoms with van der Waals surface area (Å²) < 4.78 is 20.3. The van der Waals surface area contributed by atoms with E-state index in [1.165, 1.54) is 12.5 Å². The number of nitrogens with one attached hydrogen (secondary N) is 1. The number of amides is 3. The van der Waals surface area contributed by atoms with Crippen molar-refractivity contribution < 1.29 is 18.5 Å². The van der Waals surface area contributed by atoms with E-state index in [2.05, 4.69) is 23.5 Å². The van der Waals surface area contributed by atoms with E-state index in [1.54, 1.807) is 4.90 Å². The molecule has 0 aromatic rings. The number of morpholine rings is 1. The second kappa shape index (κ2) is 7.74. The van der Waals surface area contributed by atoms with Gasteiger partial charge in [-0.1, -0.05) is 13.8 Å². The van der Waals surface area contributed by atoms with Gasteiger partial charge >= 0.3 is 6.03 Å². The fourth-order valence-corrected chi connectivity index (χ4v) is 2.75. The summed E-state index contributed by atoms with van der Waals surface area (Å²) in [4.78, 5) is 25.4. The Kier molecular flexibility index (Phi) is 6.60. The van der Waals surface area contributed by atoms with Gasteiger partial charge in [0.1, 0.15) is 6.54 Å². The number of urea groups is 1. The van der Waals surface area contributed by atoms with E-state index in [0.717, 1.165) is 6.42 Å². The van der Waals surface area contributed by atoms with Gasteiger partial charge in [-0.3, -0.25) is 4.79 Å². The third-order valence-electron chi connectivity index (χ3n) is 2.94. The van der Waals surface area contributed by atoms with Crippen LogP contribution < -0.4 is 5.32 Å².